The van der Waals surface area contributed by atoms with Gasteiger partial charge in [-0.15, -0.1) is 0 Å². The summed E-state index contributed by atoms with van der Waals surface area (Å²) in [6.07, 6.45) is 2.92. The Morgan fingerprint density at radius 3 is 2.76 bits per heavy atom. The Labute approximate surface area is 141 Å². The van der Waals surface area contributed by atoms with E-state index in [1.807, 2.05) is 12.1 Å². The van der Waals surface area contributed by atoms with Gasteiger partial charge >= 0.3 is 5.63 Å². The molecule has 0 radical (unpaired) electrons. The van der Waals surface area contributed by atoms with Crippen LogP contribution in [0.4, 0.5) is 5.69 Å². The van der Waals surface area contributed by atoms with Crippen LogP contribution in [0.3, 0.4) is 0 Å². The molecule has 0 saturated heterocycles. The maximum absolute atomic E-state index is 12.5. The minimum absolute atomic E-state index is 0.0521. The zero-order chi connectivity index (χ0) is 17.2. The van der Waals surface area contributed by atoms with Gasteiger partial charge in [0.2, 0.25) is 0 Å². The summed E-state index contributed by atoms with van der Waals surface area (Å²) in [4.78, 5) is 28.4. The predicted octanol–water partition coefficient (Wildman–Crippen LogP) is 3.70. The van der Waals surface area contributed by atoms with Crippen molar-refractivity contribution in [1.82, 2.24) is 4.98 Å². The number of nitrogens with one attached hydrogen (secondary N) is 1. The van der Waals surface area contributed by atoms with Crippen LogP contribution in [0.5, 0.6) is 0 Å². The zero-order valence-electron chi connectivity index (χ0n) is 12.9. The van der Waals surface area contributed by atoms with E-state index in [1.165, 1.54) is 12.5 Å². The van der Waals surface area contributed by atoms with Crippen LogP contribution in [0, 0.1) is 0 Å². The molecule has 4 rings (SSSR count). The average molecular weight is 332 g/mol. The molecular weight excluding hydrogens is 320 g/mol. The molecule has 2 aromatic carbocycles. The number of para-hydroxylation sites is 1. The number of amides is 1. The number of nitrogens with zero attached hydrogens (tertiary/aromatic N) is 1. The third-order valence-corrected chi connectivity index (χ3v) is 3.72. The third kappa shape index (κ3) is 2.92. The van der Waals surface area contributed by atoms with Crippen LogP contribution in [0.1, 0.15) is 10.4 Å². The van der Waals surface area contributed by atoms with Crippen molar-refractivity contribution < 1.29 is 13.6 Å². The first-order valence-corrected chi connectivity index (χ1v) is 7.54. The highest BCUT2D eigenvalue weighted by Gasteiger charge is 2.14. The van der Waals surface area contributed by atoms with Crippen LogP contribution in [0.25, 0.3) is 22.3 Å². The van der Waals surface area contributed by atoms with E-state index < -0.39 is 11.5 Å². The lowest BCUT2D eigenvalue weighted by molar-refractivity contribution is 0.102. The van der Waals surface area contributed by atoms with Gasteiger partial charge in [0, 0.05) is 16.6 Å². The van der Waals surface area contributed by atoms with Crippen LogP contribution in [-0.2, 0) is 0 Å². The number of fused-ring (bicyclic) bond motifs is 1. The van der Waals surface area contributed by atoms with Gasteiger partial charge in [0.15, 0.2) is 12.2 Å². The molecule has 0 aliphatic carbocycles. The van der Waals surface area contributed by atoms with Gasteiger partial charge in [0.25, 0.3) is 5.91 Å². The van der Waals surface area contributed by atoms with Gasteiger partial charge in [-0.25, -0.2) is 9.78 Å². The number of carbonyl (C=O) groups excluding carboxylic acids is 1. The molecule has 4 aromatic rings. The van der Waals surface area contributed by atoms with Crippen LogP contribution >= 0.6 is 0 Å². The quantitative estimate of drug-likeness (QED) is 0.578. The highest BCUT2D eigenvalue weighted by atomic mass is 16.4. The van der Waals surface area contributed by atoms with E-state index in [1.54, 1.807) is 42.6 Å². The van der Waals surface area contributed by atoms with Gasteiger partial charge < -0.3 is 14.2 Å². The Morgan fingerprint density at radius 1 is 1.04 bits per heavy atom. The molecule has 0 aliphatic heterocycles. The van der Waals surface area contributed by atoms with Crippen molar-refractivity contribution in [1.29, 1.82) is 0 Å². The minimum atomic E-state index is -0.678. The van der Waals surface area contributed by atoms with E-state index in [0.717, 1.165) is 5.56 Å². The van der Waals surface area contributed by atoms with Crippen molar-refractivity contribution in [3.8, 4) is 11.3 Å². The molecule has 1 amide bonds. The number of oxazole rings is 1. The molecule has 0 bridgehead atoms. The van der Waals surface area contributed by atoms with E-state index in [4.69, 9.17) is 8.83 Å². The number of anilines is 1. The Bertz CT molecular complexity index is 1110. The topological polar surface area (TPSA) is 85.3 Å². The highest BCUT2D eigenvalue weighted by molar-refractivity contribution is 6.05. The highest BCUT2D eigenvalue weighted by Crippen LogP contribution is 2.22. The summed E-state index contributed by atoms with van der Waals surface area (Å²) in [7, 11) is 0. The second-order valence-electron chi connectivity index (χ2n) is 5.39. The van der Waals surface area contributed by atoms with Gasteiger partial charge in [-0.05, 0) is 24.3 Å². The summed E-state index contributed by atoms with van der Waals surface area (Å²) in [5, 5.41) is 3.39. The first-order chi connectivity index (χ1) is 12.2. The maximum atomic E-state index is 12.5. The summed E-state index contributed by atoms with van der Waals surface area (Å²) >= 11 is 0. The fourth-order valence-electron chi connectivity index (χ4n) is 2.53. The van der Waals surface area contributed by atoms with Gasteiger partial charge in [0.1, 0.15) is 11.1 Å². The molecule has 6 heteroatoms. The van der Waals surface area contributed by atoms with Crippen molar-refractivity contribution in [3.63, 3.8) is 0 Å². The first-order valence-electron chi connectivity index (χ1n) is 7.54. The number of aromatic nitrogens is 1. The lowest BCUT2D eigenvalue weighted by atomic mass is 10.1. The summed E-state index contributed by atoms with van der Waals surface area (Å²) in [6.45, 7) is 0. The summed E-state index contributed by atoms with van der Waals surface area (Å²) in [6, 6.07) is 15.6. The second-order valence-corrected chi connectivity index (χ2v) is 5.39. The largest absolute Gasteiger partial charge is 0.444 e. The van der Waals surface area contributed by atoms with Gasteiger partial charge in [-0.3, -0.25) is 4.79 Å². The molecule has 0 aliphatic rings. The van der Waals surface area contributed by atoms with Crippen LogP contribution in [0.2, 0.25) is 0 Å². The third-order valence-electron chi connectivity index (χ3n) is 3.72. The van der Waals surface area contributed by atoms with E-state index in [2.05, 4.69) is 10.3 Å². The van der Waals surface area contributed by atoms with Crippen LogP contribution < -0.4 is 10.9 Å². The molecule has 25 heavy (non-hydrogen) atoms. The van der Waals surface area contributed by atoms with E-state index >= 15 is 0 Å². The molecular formula is C19H12N2O4. The van der Waals surface area contributed by atoms with E-state index in [-0.39, 0.29) is 5.56 Å². The number of rotatable bonds is 3. The summed E-state index contributed by atoms with van der Waals surface area (Å²) in [5.74, 6) is 0.0514. The number of hydrogen-bond donors (Lipinski definition) is 1. The van der Waals surface area contributed by atoms with Crippen LogP contribution in [0.15, 0.2) is 80.8 Å². The second kappa shape index (κ2) is 6.09. The smallest absolute Gasteiger partial charge is 0.349 e. The van der Waals surface area contributed by atoms with Crippen molar-refractivity contribution in [2.24, 2.45) is 0 Å². The van der Waals surface area contributed by atoms with E-state index in [0.29, 0.717) is 22.4 Å². The first kappa shape index (κ1) is 14.9. The monoisotopic (exact) mass is 332 g/mol. The number of carbonyl (C=O) groups is 1. The Hall–Kier alpha value is -3.67. The van der Waals surface area contributed by atoms with Crippen LogP contribution in [-0.4, -0.2) is 10.9 Å². The lowest BCUT2D eigenvalue weighted by Gasteiger charge is -2.06. The SMILES string of the molecule is O=C(Nc1cccc(-c2cnco2)c1)c1cc2ccccc2oc1=O. The maximum Gasteiger partial charge on any atom is 0.349 e. The number of benzene rings is 2. The molecule has 122 valence electrons. The molecule has 0 fully saturated rings. The predicted molar refractivity (Wildman–Crippen MR) is 92.4 cm³/mol. The van der Waals surface area contributed by atoms with Gasteiger partial charge in [-0.2, -0.15) is 0 Å². The summed E-state index contributed by atoms with van der Waals surface area (Å²) < 4.78 is 10.4. The molecule has 0 saturated carbocycles. The Kier molecular flexibility index (Phi) is 3.63. The zero-order valence-corrected chi connectivity index (χ0v) is 12.9. The molecule has 6 nitrogen and oxygen atoms in total. The van der Waals surface area contributed by atoms with Crippen molar-refractivity contribution in [2.45, 2.75) is 0 Å². The van der Waals surface area contributed by atoms with Gasteiger partial charge in [-0.1, -0.05) is 30.3 Å². The average Bonchev–Trinajstić information content (AvgIpc) is 3.16. The Balaban J connectivity index is 1.65. The molecule has 0 spiro atoms. The molecule has 1 N–H and O–H groups in total. The Morgan fingerprint density at radius 2 is 1.92 bits per heavy atom. The molecule has 2 aromatic heterocycles. The van der Waals surface area contributed by atoms with Gasteiger partial charge in [0.05, 0.1) is 6.20 Å². The van der Waals surface area contributed by atoms with Crippen molar-refractivity contribution >= 4 is 22.6 Å². The molecule has 0 unspecified atom stereocenters. The minimum Gasteiger partial charge on any atom is -0.444 e. The fraction of sp³-hybridized carbons (Fsp3) is 0. The van der Waals surface area contributed by atoms with Crippen molar-refractivity contribution in [2.75, 3.05) is 5.32 Å². The lowest BCUT2D eigenvalue weighted by Crippen LogP contribution is -2.20. The molecule has 2 heterocycles. The standard InChI is InChI=1S/C19H12N2O4/c22-18(15-9-13-4-1-2-7-16(13)25-19(15)23)21-14-6-3-5-12(8-14)17-10-20-11-24-17/h1-11H,(H,21,22). The van der Waals surface area contributed by atoms with Crippen molar-refractivity contribution in [3.05, 3.63) is 83.2 Å². The fourth-order valence-corrected chi connectivity index (χ4v) is 2.53. The normalized spacial score (nSPS) is 10.7. The molecule has 0 atom stereocenters. The number of hydrogen-bond acceptors (Lipinski definition) is 5. The van der Waals surface area contributed by atoms with E-state index in [9.17, 15) is 9.59 Å². The summed E-state index contributed by atoms with van der Waals surface area (Å²) in [5.41, 5.74) is 1.01.